The van der Waals surface area contributed by atoms with E-state index in [0.29, 0.717) is 18.3 Å². The van der Waals surface area contributed by atoms with Gasteiger partial charge in [0, 0.05) is 11.2 Å². The van der Waals surface area contributed by atoms with E-state index in [2.05, 4.69) is 15.2 Å². The van der Waals surface area contributed by atoms with Crippen molar-refractivity contribution in [2.75, 3.05) is 0 Å². The summed E-state index contributed by atoms with van der Waals surface area (Å²) >= 11 is 6.18. The molecule has 4 rings (SSSR count). The van der Waals surface area contributed by atoms with E-state index in [1.54, 1.807) is 10.9 Å². The van der Waals surface area contributed by atoms with Gasteiger partial charge >= 0.3 is 0 Å². The molecule has 1 aliphatic carbocycles. The molecule has 0 amide bonds. The standard InChI is InChI=1S/C16H16ClN5O/c17-13-5-2-1-4-11(13)9-22-10-12(8-19-22)14-20-15(21-23-14)16(18)6-3-7-16/h1-2,4-5,8,10H,3,6-7,9,18H2. The van der Waals surface area contributed by atoms with E-state index in [1.165, 1.54) is 0 Å². The first-order valence-corrected chi connectivity index (χ1v) is 7.91. The molecular weight excluding hydrogens is 314 g/mol. The Morgan fingerprint density at radius 2 is 2.13 bits per heavy atom. The number of aromatic nitrogens is 4. The Kier molecular flexibility index (Phi) is 3.43. The molecule has 7 heteroatoms. The van der Waals surface area contributed by atoms with Crippen LogP contribution in [-0.2, 0) is 12.1 Å². The van der Waals surface area contributed by atoms with Crippen molar-refractivity contribution in [3.63, 3.8) is 0 Å². The van der Waals surface area contributed by atoms with E-state index in [1.807, 2.05) is 30.5 Å². The lowest BCUT2D eigenvalue weighted by atomic mass is 9.77. The predicted molar refractivity (Wildman–Crippen MR) is 85.8 cm³/mol. The summed E-state index contributed by atoms with van der Waals surface area (Å²) in [7, 11) is 0. The van der Waals surface area contributed by atoms with Crippen LogP contribution in [0.5, 0.6) is 0 Å². The Bertz CT molecular complexity index is 836. The maximum absolute atomic E-state index is 6.22. The number of hydrogen-bond donors (Lipinski definition) is 1. The Balaban J connectivity index is 1.55. The molecule has 118 valence electrons. The highest BCUT2D eigenvalue weighted by Gasteiger charge is 2.39. The monoisotopic (exact) mass is 329 g/mol. The summed E-state index contributed by atoms with van der Waals surface area (Å²) < 4.78 is 7.13. The summed E-state index contributed by atoms with van der Waals surface area (Å²) in [5.74, 6) is 1.03. The second kappa shape index (κ2) is 5.47. The minimum Gasteiger partial charge on any atom is -0.334 e. The molecule has 1 aliphatic rings. The van der Waals surface area contributed by atoms with Crippen LogP contribution in [-0.4, -0.2) is 19.9 Å². The Morgan fingerprint density at radius 1 is 1.30 bits per heavy atom. The molecule has 0 bridgehead atoms. The van der Waals surface area contributed by atoms with Crippen molar-refractivity contribution >= 4 is 11.6 Å². The smallest absolute Gasteiger partial charge is 0.261 e. The van der Waals surface area contributed by atoms with Gasteiger partial charge in [0.15, 0.2) is 5.82 Å². The topological polar surface area (TPSA) is 82.8 Å². The molecule has 6 nitrogen and oxygen atoms in total. The van der Waals surface area contributed by atoms with E-state index in [4.69, 9.17) is 21.9 Å². The van der Waals surface area contributed by atoms with Gasteiger partial charge in [0.2, 0.25) is 0 Å². The molecule has 2 aromatic heterocycles. The van der Waals surface area contributed by atoms with Crippen LogP contribution in [0.3, 0.4) is 0 Å². The molecule has 2 N–H and O–H groups in total. The van der Waals surface area contributed by atoms with Crippen molar-refractivity contribution in [3.05, 3.63) is 53.1 Å². The van der Waals surface area contributed by atoms with E-state index in [-0.39, 0.29) is 0 Å². The van der Waals surface area contributed by atoms with Gasteiger partial charge < -0.3 is 10.3 Å². The molecule has 0 spiro atoms. The molecule has 0 radical (unpaired) electrons. The molecule has 1 fully saturated rings. The van der Waals surface area contributed by atoms with E-state index in [9.17, 15) is 0 Å². The fraction of sp³-hybridized carbons (Fsp3) is 0.312. The maximum Gasteiger partial charge on any atom is 0.261 e. The lowest BCUT2D eigenvalue weighted by molar-refractivity contribution is 0.229. The lowest BCUT2D eigenvalue weighted by Crippen LogP contribution is -2.44. The third kappa shape index (κ3) is 2.64. The highest BCUT2D eigenvalue weighted by atomic mass is 35.5. The largest absolute Gasteiger partial charge is 0.334 e. The van der Waals surface area contributed by atoms with Crippen LogP contribution in [0.25, 0.3) is 11.5 Å². The predicted octanol–water partition coefficient (Wildman–Crippen LogP) is 2.97. The van der Waals surface area contributed by atoms with Crippen molar-refractivity contribution < 1.29 is 4.52 Å². The zero-order valence-electron chi connectivity index (χ0n) is 12.4. The lowest BCUT2D eigenvalue weighted by Gasteiger charge is -2.34. The van der Waals surface area contributed by atoms with Gasteiger partial charge in [0.1, 0.15) is 0 Å². The Labute approximate surface area is 138 Å². The Morgan fingerprint density at radius 3 is 2.87 bits per heavy atom. The minimum absolute atomic E-state index is 0.421. The van der Waals surface area contributed by atoms with Crippen LogP contribution in [0.1, 0.15) is 30.7 Å². The van der Waals surface area contributed by atoms with Gasteiger partial charge in [-0.2, -0.15) is 10.1 Å². The molecule has 1 aromatic carbocycles. The van der Waals surface area contributed by atoms with Crippen molar-refractivity contribution in [3.8, 4) is 11.5 Å². The number of benzene rings is 1. The van der Waals surface area contributed by atoms with Gasteiger partial charge in [-0.15, -0.1) is 0 Å². The SMILES string of the molecule is NC1(c2noc(-c3cnn(Cc4ccccc4Cl)c3)n2)CCC1. The fourth-order valence-corrected chi connectivity index (χ4v) is 2.88. The molecule has 0 unspecified atom stereocenters. The molecule has 1 saturated carbocycles. The van der Waals surface area contributed by atoms with Crippen molar-refractivity contribution in [2.45, 2.75) is 31.3 Å². The number of halogens is 1. The van der Waals surface area contributed by atoms with Crippen LogP contribution in [0.4, 0.5) is 0 Å². The van der Waals surface area contributed by atoms with Crippen molar-refractivity contribution in [1.29, 1.82) is 0 Å². The first-order chi connectivity index (χ1) is 11.1. The summed E-state index contributed by atoms with van der Waals surface area (Å²) in [5.41, 5.74) is 7.58. The molecule has 0 atom stereocenters. The highest BCUT2D eigenvalue weighted by molar-refractivity contribution is 6.31. The second-order valence-corrected chi connectivity index (χ2v) is 6.36. The number of hydrogen-bond acceptors (Lipinski definition) is 5. The number of nitrogens with zero attached hydrogens (tertiary/aromatic N) is 4. The molecule has 23 heavy (non-hydrogen) atoms. The Hall–Kier alpha value is -2.18. The fourth-order valence-electron chi connectivity index (χ4n) is 2.69. The van der Waals surface area contributed by atoms with Gasteiger partial charge in [-0.05, 0) is 30.9 Å². The van der Waals surface area contributed by atoms with Gasteiger partial charge in [-0.1, -0.05) is 35.0 Å². The van der Waals surface area contributed by atoms with Crippen LogP contribution < -0.4 is 5.73 Å². The molecule has 3 aromatic rings. The van der Waals surface area contributed by atoms with E-state index < -0.39 is 5.54 Å². The van der Waals surface area contributed by atoms with Crippen molar-refractivity contribution in [2.24, 2.45) is 5.73 Å². The zero-order valence-corrected chi connectivity index (χ0v) is 13.2. The molecule has 0 aliphatic heterocycles. The molecule has 2 heterocycles. The summed E-state index contributed by atoms with van der Waals surface area (Å²) in [5, 5.41) is 9.08. The quantitative estimate of drug-likeness (QED) is 0.795. The van der Waals surface area contributed by atoms with Crippen LogP contribution in [0.15, 0.2) is 41.2 Å². The van der Waals surface area contributed by atoms with Gasteiger partial charge in [0.25, 0.3) is 5.89 Å². The summed E-state index contributed by atoms with van der Waals surface area (Å²) in [6.45, 7) is 0.585. The summed E-state index contributed by atoms with van der Waals surface area (Å²) in [6, 6.07) is 7.70. The molecule has 0 saturated heterocycles. The zero-order chi connectivity index (χ0) is 15.9. The first kappa shape index (κ1) is 14.4. The second-order valence-electron chi connectivity index (χ2n) is 5.95. The van der Waals surface area contributed by atoms with Gasteiger partial charge in [-0.3, -0.25) is 4.68 Å². The highest BCUT2D eigenvalue weighted by Crippen LogP contribution is 2.37. The van der Waals surface area contributed by atoms with E-state index >= 15 is 0 Å². The normalized spacial score (nSPS) is 16.3. The van der Waals surface area contributed by atoms with Gasteiger partial charge in [0.05, 0.1) is 23.8 Å². The third-order valence-electron chi connectivity index (χ3n) is 4.29. The average Bonchev–Trinajstić information content (AvgIpc) is 3.16. The van der Waals surface area contributed by atoms with Gasteiger partial charge in [-0.25, -0.2) is 0 Å². The third-order valence-corrected chi connectivity index (χ3v) is 4.66. The first-order valence-electron chi connectivity index (χ1n) is 7.53. The maximum atomic E-state index is 6.22. The van der Waals surface area contributed by atoms with Crippen LogP contribution >= 0.6 is 11.6 Å². The van der Waals surface area contributed by atoms with Crippen LogP contribution in [0.2, 0.25) is 5.02 Å². The van der Waals surface area contributed by atoms with Crippen molar-refractivity contribution in [1.82, 2.24) is 19.9 Å². The van der Waals surface area contributed by atoms with E-state index in [0.717, 1.165) is 35.4 Å². The number of rotatable bonds is 4. The molecular formula is C16H16ClN5O. The average molecular weight is 330 g/mol. The minimum atomic E-state index is -0.421. The summed E-state index contributed by atoms with van der Waals surface area (Å²) in [6.07, 6.45) is 6.48. The van der Waals surface area contributed by atoms with Crippen LogP contribution in [0, 0.1) is 0 Å². The number of nitrogens with two attached hydrogens (primary N) is 1. The summed E-state index contributed by atoms with van der Waals surface area (Å²) in [4.78, 5) is 4.43.